The fourth-order valence-electron chi connectivity index (χ4n) is 3.80. The summed E-state index contributed by atoms with van der Waals surface area (Å²) in [5.74, 6) is 3.22. The van der Waals surface area contributed by atoms with Crippen molar-refractivity contribution in [1.82, 2.24) is 10.2 Å². The number of benzene rings is 1. The van der Waals surface area contributed by atoms with Crippen LogP contribution >= 0.6 is 11.8 Å². The first kappa shape index (κ1) is 19.3. The van der Waals surface area contributed by atoms with Gasteiger partial charge in [0.2, 0.25) is 0 Å². The van der Waals surface area contributed by atoms with Gasteiger partial charge in [0.15, 0.2) is 11.5 Å². The lowest BCUT2D eigenvalue weighted by Crippen LogP contribution is -2.60. The van der Waals surface area contributed by atoms with E-state index in [-0.39, 0.29) is 11.4 Å². The molecule has 0 aliphatic carbocycles. The van der Waals surface area contributed by atoms with Gasteiger partial charge in [-0.05, 0) is 25.0 Å². The Morgan fingerprint density at radius 1 is 1.23 bits per heavy atom. The zero-order valence-electron chi connectivity index (χ0n) is 15.6. The maximum absolute atomic E-state index is 12.9. The molecule has 2 fully saturated rings. The Balaban J connectivity index is 1.74. The van der Waals surface area contributed by atoms with Crippen molar-refractivity contribution in [2.75, 3.05) is 58.6 Å². The Kier molecular flexibility index (Phi) is 6.67. The van der Waals surface area contributed by atoms with Crippen LogP contribution in [0.1, 0.15) is 23.2 Å². The van der Waals surface area contributed by atoms with Gasteiger partial charge < -0.3 is 19.5 Å². The molecule has 3 rings (SSSR count). The summed E-state index contributed by atoms with van der Waals surface area (Å²) in [5, 5.41) is 3.15. The van der Waals surface area contributed by atoms with Crippen LogP contribution in [0.3, 0.4) is 0 Å². The summed E-state index contributed by atoms with van der Waals surface area (Å²) < 4.78 is 16.3. The molecule has 7 heteroatoms. The van der Waals surface area contributed by atoms with Crippen molar-refractivity contribution in [3.63, 3.8) is 0 Å². The van der Waals surface area contributed by atoms with E-state index in [9.17, 15) is 4.79 Å². The third-order valence-corrected chi connectivity index (χ3v) is 6.27. The third-order valence-electron chi connectivity index (χ3n) is 5.33. The van der Waals surface area contributed by atoms with Crippen molar-refractivity contribution in [3.05, 3.63) is 23.8 Å². The van der Waals surface area contributed by atoms with Crippen LogP contribution in [0.25, 0.3) is 0 Å². The van der Waals surface area contributed by atoms with Crippen molar-refractivity contribution in [2.45, 2.75) is 18.4 Å². The Bertz CT molecular complexity index is 614. The first-order valence-electron chi connectivity index (χ1n) is 9.10. The zero-order chi connectivity index (χ0) is 18.4. The summed E-state index contributed by atoms with van der Waals surface area (Å²) in [7, 11) is 3.13. The SMILES string of the molecule is COc1cccc(C(=O)NCC2(N3CCSCC3)CCOCC2)c1OC. The number of carbonyl (C=O) groups is 1. The molecule has 0 radical (unpaired) electrons. The second-order valence-electron chi connectivity index (χ2n) is 6.66. The number of methoxy groups -OCH3 is 2. The largest absolute Gasteiger partial charge is 0.493 e. The zero-order valence-corrected chi connectivity index (χ0v) is 16.4. The van der Waals surface area contributed by atoms with Crippen LogP contribution in [0.5, 0.6) is 11.5 Å². The molecule has 2 aliphatic heterocycles. The molecular formula is C19H28N2O4S. The van der Waals surface area contributed by atoms with E-state index in [0.29, 0.717) is 23.6 Å². The maximum Gasteiger partial charge on any atom is 0.255 e. The minimum atomic E-state index is -0.127. The molecule has 2 saturated heterocycles. The number of rotatable bonds is 6. The fourth-order valence-corrected chi connectivity index (χ4v) is 4.70. The van der Waals surface area contributed by atoms with Gasteiger partial charge in [-0.2, -0.15) is 11.8 Å². The average Bonchev–Trinajstić information content (AvgIpc) is 2.72. The number of nitrogens with one attached hydrogen (secondary N) is 1. The lowest BCUT2D eigenvalue weighted by molar-refractivity contribution is -0.0237. The van der Waals surface area contributed by atoms with E-state index in [1.54, 1.807) is 26.4 Å². The molecule has 0 spiro atoms. The fraction of sp³-hybridized carbons (Fsp3) is 0.632. The van der Waals surface area contributed by atoms with Crippen LogP contribution in [-0.2, 0) is 4.74 Å². The van der Waals surface area contributed by atoms with Gasteiger partial charge in [-0.15, -0.1) is 0 Å². The van der Waals surface area contributed by atoms with E-state index in [1.165, 1.54) is 0 Å². The number of hydrogen-bond donors (Lipinski definition) is 1. The quantitative estimate of drug-likeness (QED) is 0.815. The normalized spacial score (nSPS) is 20.4. The van der Waals surface area contributed by atoms with Gasteiger partial charge in [0.1, 0.15) is 0 Å². The van der Waals surface area contributed by atoms with Crippen LogP contribution < -0.4 is 14.8 Å². The Hall–Kier alpha value is -1.44. The van der Waals surface area contributed by atoms with Crippen LogP contribution in [-0.4, -0.2) is 74.9 Å². The van der Waals surface area contributed by atoms with E-state index in [1.807, 2.05) is 17.8 Å². The summed E-state index contributed by atoms with van der Waals surface area (Å²) in [4.78, 5) is 15.4. The molecule has 0 bridgehead atoms. The highest BCUT2D eigenvalue weighted by molar-refractivity contribution is 7.99. The van der Waals surface area contributed by atoms with Crippen LogP contribution in [0.4, 0.5) is 0 Å². The number of hydrogen-bond acceptors (Lipinski definition) is 6. The second kappa shape index (κ2) is 8.97. The van der Waals surface area contributed by atoms with Crippen LogP contribution in [0.2, 0.25) is 0 Å². The number of ether oxygens (including phenoxy) is 3. The van der Waals surface area contributed by atoms with Crippen molar-refractivity contribution in [2.24, 2.45) is 0 Å². The maximum atomic E-state index is 12.9. The van der Waals surface area contributed by atoms with Gasteiger partial charge in [0, 0.05) is 49.9 Å². The van der Waals surface area contributed by atoms with Crippen molar-refractivity contribution in [3.8, 4) is 11.5 Å². The summed E-state index contributed by atoms with van der Waals surface area (Å²) >= 11 is 2.00. The van der Waals surface area contributed by atoms with E-state index in [0.717, 1.165) is 50.7 Å². The number of carbonyl (C=O) groups excluding carboxylic acids is 1. The molecule has 0 saturated carbocycles. The molecular weight excluding hydrogens is 352 g/mol. The highest BCUT2D eigenvalue weighted by Gasteiger charge is 2.39. The number of thioether (sulfide) groups is 1. The lowest BCUT2D eigenvalue weighted by Gasteiger charge is -2.48. The minimum Gasteiger partial charge on any atom is -0.493 e. The predicted molar refractivity (Wildman–Crippen MR) is 104 cm³/mol. The first-order valence-corrected chi connectivity index (χ1v) is 10.3. The molecule has 0 unspecified atom stereocenters. The van der Waals surface area contributed by atoms with Gasteiger partial charge in [-0.1, -0.05) is 6.07 Å². The minimum absolute atomic E-state index is 0.0129. The molecule has 144 valence electrons. The molecule has 2 aliphatic rings. The van der Waals surface area contributed by atoms with E-state index < -0.39 is 0 Å². The Labute approximate surface area is 159 Å². The molecule has 1 aromatic rings. The average molecular weight is 381 g/mol. The van der Waals surface area contributed by atoms with Gasteiger partial charge in [-0.3, -0.25) is 9.69 Å². The molecule has 0 aromatic heterocycles. The molecule has 1 amide bonds. The summed E-state index contributed by atoms with van der Waals surface area (Å²) in [6.45, 7) is 4.27. The molecule has 0 atom stereocenters. The first-order chi connectivity index (χ1) is 12.7. The summed E-state index contributed by atoms with van der Waals surface area (Å²) in [6.07, 6.45) is 1.90. The predicted octanol–water partition coefficient (Wildman–Crippen LogP) is 2.03. The van der Waals surface area contributed by atoms with Crippen molar-refractivity contribution in [1.29, 1.82) is 0 Å². The van der Waals surface area contributed by atoms with E-state index in [2.05, 4.69) is 10.2 Å². The molecule has 26 heavy (non-hydrogen) atoms. The Morgan fingerprint density at radius 3 is 2.62 bits per heavy atom. The lowest BCUT2D eigenvalue weighted by atomic mass is 9.87. The van der Waals surface area contributed by atoms with Crippen LogP contribution in [0.15, 0.2) is 18.2 Å². The number of para-hydroxylation sites is 1. The van der Waals surface area contributed by atoms with Crippen molar-refractivity contribution < 1.29 is 19.0 Å². The van der Waals surface area contributed by atoms with E-state index >= 15 is 0 Å². The van der Waals surface area contributed by atoms with Gasteiger partial charge in [-0.25, -0.2) is 0 Å². The van der Waals surface area contributed by atoms with E-state index in [4.69, 9.17) is 14.2 Å². The standard InChI is InChI=1S/C19H28N2O4S/c1-23-16-5-3-4-15(17(16)24-2)18(22)20-14-19(6-10-25-11-7-19)21-8-12-26-13-9-21/h3-5H,6-14H2,1-2H3,(H,20,22). The molecule has 6 nitrogen and oxygen atoms in total. The Morgan fingerprint density at radius 2 is 1.96 bits per heavy atom. The van der Waals surface area contributed by atoms with Gasteiger partial charge in [0.25, 0.3) is 5.91 Å². The monoisotopic (exact) mass is 380 g/mol. The van der Waals surface area contributed by atoms with Crippen LogP contribution in [0, 0.1) is 0 Å². The van der Waals surface area contributed by atoms with Crippen molar-refractivity contribution >= 4 is 17.7 Å². The molecule has 2 heterocycles. The third kappa shape index (κ3) is 4.10. The highest BCUT2D eigenvalue weighted by atomic mass is 32.2. The summed E-state index contributed by atoms with van der Waals surface area (Å²) in [6, 6.07) is 5.37. The highest BCUT2D eigenvalue weighted by Crippen LogP contribution is 2.32. The number of nitrogens with zero attached hydrogens (tertiary/aromatic N) is 1. The topological polar surface area (TPSA) is 60.0 Å². The smallest absolute Gasteiger partial charge is 0.255 e. The molecule has 1 aromatic carbocycles. The second-order valence-corrected chi connectivity index (χ2v) is 7.88. The number of amides is 1. The van der Waals surface area contributed by atoms with Gasteiger partial charge >= 0.3 is 0 Å². The molecule has 1 N–H and O–H groups in total. The summed E-state index contributed by atoms with van der Waals surface area (Å²) in [5.41, 5.74) is 0.490. The van der Waals surface area contributed by atoms with Gasteiger partial charge in [0.05, 0.1) is 19.8 Å².